The minimum absolute atomic E-state index is 0.194. The monoisotopic (exact) mass is 391 g/mol. The molecule has 0 aliphatic carbocycles. The first-order chi connectivity index (χ1) is 12.5. The molecule has 0 unspecified atom stereocenters. The Morgan fingerprint density at radius 3 is 2.54 bits per heavy atom. The lowest BCUT2D eigenvalue weighted by molar-refractivity contribution is -0.136. The van der Waals surface area contributed by atoms with E-state index in [2.05, 4.69) is 15.8 Å². The molecule has 0 saturated carbocycles. The lowest BCUT2D eigenvalue weighted by Crippen LogP contribution is -2.32. The second-order valence-electron chi connectivity index (χ2n) is 5.09. The molecular weight excluding hydrogens is 381 g/mol. The molecule has 0 spiro atoms. The fraction of sp³-hybridized carbons (Fsp3) is 0. The number of aromatic hydroxyl groups is 1. The van der Waals surface area contributed by atoms with E-state index in [1.807, 2.05) is 0 Å². The van der Waals surface area contributed by atoms with Crippen LogP contribution in [-0.4, -0.2) is 23.1 Å². The number of rotatable bonds is 3. The van der Waals surface area contributed by atoms with Gasteiger partial charge in [0.05, 0.1) is 22.3 Å². The number of hydrogen-bond donors (Lipinski definition) is 3. The molecule has 0 bridgehead atoms. The average molecular weight is 392 g/mol. The van der Waals surface area contributed by atoms with Crippen LogP contribution in [0.3, 0.4) is 0 Å². The van der Waals surface area contributed by atoms with Gasteiger partial charge in [0.25, 0.3) is 5.95 Å². The zero-order valence-corrected chi connectivity index (χ0v) is 14.5. The van der Waals surface area contributed by atoms with E-state index in [4.69, 9.17) is 27.6 Å². The molecule has 0 saturated heterocycles. The van der Waals surface area contributed by atoms with Crippen LogP contribution in [0.4, 0.5) is 5.69 Å². The molecule has 0 fully saturated rings. The maximum Gasteiger partial charge on any atom is 0.329 e. The highest BCUT2D eigenvalue weighted by Gasteiger charge is 2.15. The number of carbonyl (C=O) groups is 2. The fourth-order valence-corrected chi connectivity index (χ4v) is 2.62. The summed E-state index contributed by atoms with van der Waals surface area (Å²) in [5.74, 6) is -1.99. The van der Waals surface area contributed by atoms with Gasteiger partial charge >= 0.3 is 11.8 Å². The molecular formula is C17H11Cl2N3O4. The van der Waals surface area contributed by atoms with E-state index >= 15 is 0 Å². The number of anilines is 1. The van der Waals surface area contributed by atoms with Gasteiger partial charge in [0.2, 0.25) is 0 Å². The van der Waals surface area contributed by atoms with Crippen molar-refractivity contribution in [2.24, 2.45) is 5.10 Å². The summed E-state index contributed by atoms with van der Waals surface area (Å²) < 4.78 is 5.15. The van der Waals surface area contributed by atoms with Gasteiger partial charge in [-0.1, -0.05) is 41.4 Å². The standard InChI is InChI=1S/C17H11Cl2N3O4/c18-9-5-6-13(12(19)7-9)21-15(23)16(24)22-20-8-14-10-3-1-2-4-11(10)17(25)26-14/h1-8,25H,(H,21,23)(H,22,24). The third-order valence-corrected chi connectivity index (χ3v) is 3.91. The predicted octanol–water partition coefficient (Wildman–Crippen LogP) is 3.53. The van der Waals surface area contributed by atoms with Gasteiger partial charge in [-0.25, -0.2) is 5.43 Å². The van der Waals surface area contributed by atoms with Crippen molar-refractivity contribution < 1.29 is 19.1 Å². The summed E-state index contributed by atoms with van der Waals surface area (Å²) >= 11 is 11.7. The number of amides is 2. The second-order valence-corrected chi connectivity index (χ2v) is 5.94. The van der Waals surface area contributed by atoms with Crippen LogP contribution < -0.4 is 10.7 Å². The van der Waals surface area contributed by atoms with Gasteiger partial charge in [0.15, 0.2) is 5.76 Å². The maximum absolute atomic E-state index is 11.9. The Bertz CT molecular complexity index is 1030. The number of nitrogens with zero attached hydrogens (tertiary/aromatic N) is 1. The van der Waals surface area contributed by atoms with E-state index in [-0.39, 0.29) is 22.4 Å². The summed E-state index contributed by atoms with van der Waals surface area (Å²) in [7, 11) is 0. The number of carbonyl (C=O) groups excluding carboxylic acids is 2. The van der Waals surface area contributed by atoms with Crippen molar-refractivity contribution in [2.45, 2.75) is 0 Å². The molecule has 1 aromatic heterocycles. The van der Waals surface area contributed by atoms with Crippen LogP contribution in [0.2, 0.25) is 10.0 Å². The molecule has 0 atom stereocenters. The summed E-state index contributed by atoms with van der Waals surface area (Å²) in [5.41, 5.74) is 2.30. The van der Waals surface area contributed by atoms with Crippen LogP contribution in [0.15, 0.2) is 52.0 Å². The van der Waals surface area contributed by atoms with Crippen molar-refractivity contribution in [2.75, 3.05) is 5.32 Å². The quantitative estimate of drug-likeness (QED) is 0.360. The van der Waals surface area contributed by atoms with Crippen molar-refractivity contribution in [1.29, 1.82) is 0 Å². The van der Waals surface area contributed by atoms with Gasteiger partial charge in [-0.05, 0) is 24.3 Å². The molecule has 3 rings (SSSR count). The van der Waals surface area contributed by atoms with Crippen LogP contribution >= 0.6 is 23.2 Å². The van der Waals surface area contributed by atoms with Crippen molar-refractivity contribution in [1.82, 2.24) is 5.43 Å². The molecule has 3 N–H and O–H groups in total. The molecule has 1 heterocycles. The normalized spacial score (nSPS) is 11.0. The lowest BCUT2D eigenvalue weighted by atomic mass is 10.2. The topological polar surface area (TPSA) is 104 Å². The van der Waals surface area contributed by atoms with Gasteiger partial charge in [0.1, 0.15) is 0 Å². The van der Waals surface area contributed by atoms with E-state index in [0.717, 1.165) is 0 Å². The van der Waals surface area contributed by atoms with E-state index < -0.39 is 11.8 Å². The molecule has 0 aliphatic rings. The van der Waals surface area contributed by atoms with Crippen LogP contribution in [-0.2, 0) is 9.59 Å². The smallest absolute Gasteiger partial charge is 0.329 e. The van der Waals surface area contributed by atoms with Gasteiger partial charge in [-0.15, -0.1) is 0 Å². The number of hydrogen-bond acceptors (Lipinski definition) is 5. The SMILES string of the molecule is O=C(NN=Cc1oc(O)c2ccccc12)C(=O)Nc1ccc(Cl)cc1Cl. The molecule has 2 amide bonds. The molecule has 26 heavy (non-hydrogen) atoms. The lowest BCUT2D eigenvalue weighted by Gasteiger charge is -2.06. The Kier molecular flexibility index (Phi) is 5.11. The van der Waals surface area contributed by atoms with Crippen LogP contribution in [0.5, 0.6) is 5.95 Å². The Hall–Kier alpha value is -3.03. The summed E-state index contributed by atoms with van der Waals surface area (Å²) in [5, 5.41) is 17.4. The minimum Gasteiger partial charge on any atom is -0.480 e. The van der Waals surface area contributed by atoms with Crippen molar-refractivity contribution in [3.05, 3.63) is 58.3 Å². The molecule has 132 valence electrons. The van der Waals surface area contributed by atoms with E-state index in [1.165, 1.54) is 24.4 Å². The highest BCUT2D eigenvalue weighted by molar-refractivity contribution is 6.42. The summed E-state index contributed by atoms with van der Waals surface area (Å²) in [6.45, 7) is 0. The molecule has 9 heteroatoms. The van der Waals surface area contributed by atoms with E-state index in [9.17, 15) is 14.7 Å². The Balaban J connectivity index is 1.66. The molecule has 7 nitrogen and oxygen atoms in total. The maximum atomic E-state index is 11.9. The fourth-order valence-electron chi connectivity index (χ4n) is 2.16. The Morgan fingerprint density at radius 2 is 1.81 bits per heavy atom. The van der Waals surface area contributed by atoms with Gasteiger partial charge in [-0.2, -0.15) is 5.10 Å². The number of hydrazone groups is 1. The highest BCUT2D eigenvalue weighted by Crippen LogP contribution is 2.29. The first kappa shape index (κ1) is 17.8. The van der Waals surface area contributed by atoms with Crippen molar-refractivity contribution >= 4 is 57.7 Å². The van der Waals surface area contributed by atoms with Crippen molar-refractivity contribution in [3.8, 4) is 5.95 Å². The van der Waals surface area contributed by atoms with E-state index in [1.54, 1.807) is 24.3 Å². The van der Waals surface area contributed by atoms with Gasteiger partial charge in [0, 0.05) is 10.4 Å². The van der Waals surface area contributed by atoms with Crippen LogP contribution in [0, 0.1) is 0 Å². The first-order valence-electron chi connectivity index (χ1n) is 7.25. The molecule has 0 aliphatic heterocycles. The number of halogens is 2. The minimum atomic E-state index is -1.01. The summed E-state index contributed by atoms with van der Waals surface area (Å²) in [6, 6.07) is 11.3. The predicted molar refractivity (Wildman–Crippen MR) is 98.7 cm³/mol. The number of nitrogens with one attached hydrogen (secondary N) is 2. The Labute approximate surface area is 157 Å². The number of fused-ring (bicyclic) bond motifs is 1. The molecule has 0 radical (unpaired) electrons. The van der Waals surface area contributed by atoms with E-state index in [0.29, 0.717) is 15.8 Å². The Morgan fingerprint density at radius 1 is 1.08 bits per heavy atom. The number of furan rings is 1. The van der Waals surface area contributed by atoms with Crippen LogP contribution in [0.1, 0.15) is 5.76 Å². The third-order valence-electron chi connectivity index (χ3n) is 3.36. The van der Waals surface area contributed by atoms with Crippen molar-refractivity contribution in [3.63, 3.8) is 0 Å². The molecule has 3 aromatic rings. The zero-order chi connectivity index (χ0) is 18.7. The van der Waals surface area contributed by atoms with Gasteiger partial charge < -0.3 is 14.8 Å². The first-order valence-corrected chi connectivity index (χ1v) is 8.01. The summed E-state index contributed by atoms with van der Waals surface area (Å²) in [6.07, 6.45) is 1.18. The average Bonchev–Trinajstić information content (AvgIpc) is 2.94. The second kappa shape index (κ2) is 7.47. The highest BCUT2D eigenvalue weighted by atomic mass is 35.5. The number of benzene rings is 2. The molecule has 2 aromatic carbocycles. The summed E-state index contributed by atoms with van der Waals surface area (Å²) in [4.78, 5) is 23.7. The largest absolute Gasteiger partial charge is 0.480 e. The third kappa shape index (κ3) is 3.79. The zero-order valence-electron chi connectivity index (χ0n) is 13.0. The van der Waals surface area contributed by atoms with Gasteiger partial charge in [-0.3, -0.25) is 9.59 Å². The van der Waals surface area contributed by atoms with Crippen LogP contribution in [0.25, 0.3) is 10.8 Å².